The van der Waals surface area contributed by atoms with Crippen LogP contribution in [-0.4, -0.2) is 66.4 Å². The average molecular weight is 374 g/mol. The minimum absolute atomic E-state index is 0.245. The lowest BCUT2D eigenvalue weighted by molar-refractivity contribution is -0.138. The second kappa shape index (κ2) is 12.6. The molecule has 0 aliphatic rings. The molecule has 12 nitrogen and oxygen atoms in total. The number of carbonyl (C=O) groups is 5. The summed E-state index contributed by atoms with van der Waals surface area (Å²) in [6.07, 6.45) is 0.865. The molecule has 0 saturated carbocycles. The van der Waals surface area contributed by atoms with E-state index in [0.29, 0.717) is 19.4 Å². The van der Waals surface area contributed by atoms with Gasteiger partial charge in [-0.15, -0.1) is 0 Å². The molecule has 0 spiro atoms. The molecule has 148 valence electrons. The van der Waals surface area contributed by atoms with Gasteiger partial charge in [-0.25, -0.2) is 0 Å². The minimum Gasteiger partial charge on any atom is -0.480 e. The summed E-state index contributed by atoms with van der Waals surface area (Å²) in [6, 6.07) is -2.36. The van der Waals surface area contributed by atoms with Crippen molar-refractivity contribution in [1.82, 2.24) is 16.0 Å². The van der Waals surface area contributed by atoms with Crippen LogP contribution < -0.4 is 33.2 Å². The molecule has 0 aromatic carbocycles. The number of aliphatic carboxylic acids is 1. The topological polar surface area (TPSA) is 220 Å². The summed E-state index contributed by atoms with van der Waals surface area (Å²) >= 11 is 0. The molecule has 2 atom stereocenters. The van der Waals surface area contributed by atoms with Crippen molar-refractivity contribution in [2.45, 2.75) is 37.8 Å². The average Bonchev–Trinajstić information content (AvgIpc) is 2.57. The molecule has 10 N–H and O–H groups in total. The number of carboxylic acid groups (broad SMARTS) is 1. The summed E-state index contributed by atoms with van der Waals surface area (Å²) in [4.78, 5) is 57.4. The van der Waals surface area contributed by atoms with Gasteiger partial charge in [-0.3, -0.25) is 24.0 Å². The van der Waals surface area contributed by atoms with Gasteiger partial charge >= 0.3 is 5.97 Å². The zero-order valence-corrected chi connectivity index (χ0v) is 14.3. The molecule has 0 rings (SSSR count). The van der Waals surface area contributed by atoms with Crippen molar-refractivity contribution in [3.05, 3.63) is 0 Å². The Morgan fingerprint density at radius 2 is 1.58 bits per heavy atom. The van der Waals surface area contributed by atoms with Gasteiger partial charge in [-0.2, -0.15) is 0 Å². The Kier molecular flexibility index (Phi) is 11.3. The Balaban J connectivity index is 5.03. The number of primary amides is 1. The summed E-state index contributed by atoms with van der Waals surface area (Å²) in [5.74, 6) is -4.34. The van der Waals surface area contributed by atoms with Gasteiger partial charge in [-0.05, 0) is 25.8 Å². The third-order valence-electron chi connectivity index (χ3n) is 3.24. The molecule has 0 fully saturated rings. The highest BCUT2D eigenvalue weighted by Crippen LogP contribution is 2.03. The summed E-state index contributed by atoms with van der Waals surface area (Å²) in [6.45, 7) is -0.612. The summed E-state index contributed by atoms with van der Waals surface area (Å²) < 4.78 is 0. The fourth-order valence-electron chi connectivity index (χ4n) is 1.98. The number of rotatable bonds is 13. The number of nitrogens with one attached hydrogen (secondary N) is 3. The second-order valence-electron chi connectivity index (χ2n) is 5.45. The van der Waals surface area contributed by atoms with E-state index in [9.17, 15) is 24.0 Å². The normalized spacial score (nSPS) is 12.5. The fraction of sp³-hybridized carbons (Fsp3) is 0.643. The van der Waals surface area contributed by atoms with Gasteiger partial charge < -0.3 is 38.3 Å². The van der Waals surface area contributed by atoms with Gasteiger partial charge in [-0.1, -0.05) is 0 Å². The lowest BCUT2D eigenvalue weighted by Gasteiger charge is -2.22. The molecule has 0 saturated heterocycles. The van der Waals surface area contributed by atoms with Gasteiger partial charge in [0.15, 0.2) is 0 Å². The van der Waals surface area contributed by atoms with Crippen LogP contribution in [0.3, 0.4) is 0 Å². The third-order valence-corrected chi connectivity index (χ3v) is 3.24. The number of carboxylic acids is 1. The van der Waals surface area contributed by atoms with Crippen LogP contribution >= 0.6 is 0 Å². The van der Waals surface area contributed by atoms with Crippen LogP contribution in [0.4, 0.5) is 0 Å². The van der Waals surface area contributed by atoms with Crippen molar-refractivity contribution < 1.29 is 29.1 Å². The SMILES string of the molecule is NCCCCC(NC(=O)CN)C(=O)NC(CC(N)=O)C(=O)NCC(=O)O. The highest BCUT2D eigenvalue weighted by Gasteiger charge is 2.27. The quantitative estimate of drug-likeness (QED) is 0.158. The predicted molar refractivity (Wildman–Crippen MR) is 90.3 cm³/mol. The van der Waals surface area contributed by atoms with Gasteiger partial charge in [0, 0.05) is 0 Å². The maximum absolute atomic E-state index is 12.4. The van der Waals surface area contributed by atoms with E-state index in [-0.39, 0.29) is 13.0 Å². The number of nitrogens with two attached hydrogens (primary N) is 3. The van der Waals surface area contributed by atoms with Gasteiger partial charge in [0.25, 0.3) is 0 Å². The zero-order valence-electron chi connectivity index (χ0n) is 14.3. The standard InChI is InChI=1S/C14H26N6O6/c15-4-2-1-3-8(19-11(22)6-16)14(26)20-9(5-10(17)21)13(25)18-7-12(23)24/h8-9H,1-7,15-16H2,(H2,17,21)(H,18,25)(H,19,22)(H,20,26)(H,23,24). The molecule has 0 aliphatic heterocycles. The Labute approximate surface area is 150 Å². The fourth-order valence-corrected chi connectivity index (χ4v) is 1.98. The number of hydrogen-bond donors (Lipinski definition) is 7. The Morgan fingerprint density at radius 1 is 0.923 bits per heavy atom. The molecule has 0 bridgehead atoms. The number of carbonyl (C=O) groups excluding carboxylic acids is 4. The van der Waals surface area contributed by atoms with E-state index in [4.69, 9.17) is 22.3 Å². The zero-order chi connectivity index (χ0) is 20.1. The maximum Gasteiger partial charge on any atom is 0.322 e. The van der Waals surface area contributed by atoms with Gasteiger partial charge in [0.2, 0.25) is 23.6 Å². The van der Waals surface area contributed by atoms with Crippen molar-refractivity contribution >= 4 is 29.6 Å². The van der Waals surface area contributed by atoms with Crippen LogP contribution in [0.15, 0.2) is 0 Å². The van der Waals surface area contributed by atoms with Crippen LogP contribution in [0.1, 0.15) is 25.7 Å². The van der Waals surface area contributed by atoms with E-state index < -0.39 is 54.6 Å². The molecule has 0 aliphatic carbocycles. The van der Waals surface area contributed by atoms with E-state index >= 15 is 0 Å². The Morgan fingerprint density at radius 3 is 2.08 bits per heavy atom. The smallest absolute Gasteiger partial charge is 0.322 e. The first-order valence-corrected chi connectivity index (χ1v) is 7.98. The highest BCUT2D eigenvalue weighted by atomic mass is 16.4. The molecular formula is C14H26N6O6. The first kappa shape index (κ1) is 23.3. The Hall–Kier alpha value is -2.73. The molecule has 0 aromatic rings. The van der Waals surface area contributed by atoms with Crippen LogP contribution in [0.2, 0.25) is 0 Å². The van der Waals surface area contributed by atoms with E-state index in [1.165, 1.54) is 0 Å². The maximum atomic E-state index is 12.4. The van der Waals surface area contributed by atoms with Gasteiger partial charge in [0.05, 0.1) is 13.0 Å². The van der Waals surface area contributed by atoms with E-state index in [1.807, 2.05) is 0 Å². The monoisotopic (exact) mass is 374 g/mol. The molecule has 0 radical (unpaired) electrons. The molecule has 0 heterocycles. The lowest BCUT2D eigenvalue weighted by Crippen LogP contribution is -2.55. The minimum atomic E-state index is -1.37. The molecule has 2 unspecified atom stereocenters. The third kappa shape index (κ3) is 10.2. The first-order chi connectivity index (χ1) is 12.2. The van der Waals surface area contributed by atoms with Crippen LogP contribution in [0.25, 0.3) is 0 Å². The summed E-state index contributed by atoms with van der Waals surface area (Å²) in [5.41, 5.74) is 15.7. The van der Waals surface area contributed by atoms with Crippen molar-refractivity contribution in [3.63, 3.8) is 0 Å². The van der Waals surface area contributed by atoms with Crippen molar-refractivity contribution in [2.24, 2.45) is 17.2 Å². The van der Waals surface area contributed by atoms with E-state index in [1.54, 1.807) is 0 Å². The molecular weight excluding hydrogens is 348 g/mol. The molecule has 4 amide bonds. The first-order valence-electron chi connectivity index (χ1n) is 7.98. The molecule has 26 heavy (non-hydrogen) atoms. The number of unbranched alkanes of at least 4 members (excludes halogenated alkanes) is 1. The highest BCUT2D eigenvalue weighted by molar-refractivity contribution is 5.95. The largest absolute Gasteiger partial charge is 0.480 e. The number of amides is 4. The summed E-state index contributed by atoms with van der Waals surface area (Å²) in [7, 11) is 0. The van der Waals surface area contributed by atoms with Crippen LogP contribution in [-0.2, 0) is 24.0 Å². The number of hydrogen-bond acceptors (Lipinski definition) is 7. The Bertz CT molecular complexity index is 526. The predicted octanol–water partition coefficient (Wildman–Crippen LogP) is -3.88. The molecule has 12 heteroatoms. The second-order valence-corrected chi connectivity index (χ2v) is 5.45. The van der Waals surface area contributed by atoms with Crippen molar-refractivity contribution in [1.29, 1.82) is 0 Å². The van der Waals surface area contributed by atoms with Crippen molar-refractivity contribution in [2.75, 3.05) is 19.6 Å². The van der Waals surface area contributed by atoms with Crippen molar-refractivity contribution in [3.8, 4) is 0 Å². The van der Waals surface area contributed by atoms with Crippen LogP contribution in [0, 0.1) is 0 Å². The summed E-state index contributed by atoms with van der Waals surface area (Å²) in [5, 5.41) is 15.3. The van der Waals surface area contributed by atoms with Gasteiger partial charge in [0.1, 0.15) is 18.6 Å². The molecule has 0 aromatic heterocycles. The van der Waals surface area contributed by atoms with Crippen LogP contribution in [0.5, 0.6) is 0 Å². The lowest BCUT2D eigenvalue weighted by atomic mass is 10.1. The van der Waals surface area contributed by atoms with E-state index in [0.717, 1.165) is 0 Å². The van der Waals surface area contributed by atoms with E-state index in [2.05, 4.69) is 16.0 Å².